The molecule has 5 rings (SSSR count). The maximum atomic E-state index is 14.3. The Kier molecular flexibility index (Phi) is 4.62. The summed E-state index contributed by atoms with van der Waals surface area (Å²) in [4.78, 5) is 26.0. The molecule has 160 valence electrons. The van der Waals surface area contributed by atoms with E-state index in [9.17, 15) is 9.18 Å². The van der Waals surface area contributed by atoms with Crippen LogP contribution in [0.3, 0.4) is 0 Å². The van der Waals surface area contributed by atoms with E-state index in [0.29, 0.717) is 28.5 Å². The lowest BCUT2D eigenvalue weighted by molar-refractivity contribution is 0.0998. The van der Waals surface area contributed by atoms with Crippen LogP contribution >= 0.6 is 0 Å². The molecule has 0 aromatic carbocycles. The molecule has 4 aromatic heterocycles. The molecule has 5 heterocycles. The Morgan fingerprint density at radius 2 is 2.10 bits per heavy atom. The smallest absolute Gasteiger partial charge is 0.291 e. The van der Waals surface area contributed by atoms with Gasteiger partial charge >= 0.3 is 0 Å². The molecule has 1 saturated heterocycles. The van der Waals surface area contributed by atoms with Crippen molar-refractivity contribution in [1.29, 1.82) is 0 Å². The van der Waals surface area contributed by atoms with Gasteiger partial charge in [0.25, 0.3) is 5.91 Å². The van der Waals surface area contributed by atoms with Gasteiger partial charge < -0.3 is 23.9 Å². The first kappa shape index (κ1) is 19.5. The van der Waals surface area contributed by atoms with Gasteiger partial charge in [0.15, 0.2) is 22.8 Å². The quantitative estimate of drug-likeness (QED) is 0.544. The predicted molar refractivity (Wildman–Crippen MR) is 116 cm³/mol. The number of aryl methyl sites for hydroxylation is 1. The van der Waals surface area contributed by atoms with Crippen molar-refractivity contribution >= 4 is 34.2 Å². The zero-order chi connectivity index (χ0) is 21.7. The maximum absolute atomic E-state index is 14.3. The molecular formula is C22H23FN6O2. The summed E-state index contributed by atoms with van der Waals surface area (Å²) in [6.07, 6.45) is 4.40. The summed E-state index contributed by atoms with van der Waals surface area (Å²) in [7, 11) is 4.17. The van der Waals surface area contributed by atoms with Crippen LogP contribution in [0.2, 0.25) is 0 Å². The lowest BCUT2D eigenvalue weighted by atomic mass is 10.2. The highest BCUT2D eigenvalue weighted by atomic mass is 19.1. The number of carbonyl (C=O) groups excluding carboxylic acids is 1. The summed E-state index contributed by atoms with van der Waals surface area (Å²) < 4.78 is 21.5. The van der Waals surface area contributed by atoms with Crippen LogP contribution in [0, 0.1) is 12.7 Å². The first-order chi connectivity index (χ1) is 14.9. The molecule has 1 aliphatic heterocycles. The van der Waals surface area contributed by atoms with Crippen LogP contribution in [0.15, 0.2) is 41.1 Å². The molecule has 1 atom stereocenters. The number of furan rings is 1. The molecule has 8 nitrogen and oxygen atoms in total. The fourth-order valence-corrected chi connectivity index (χ4v) is 4.01. The highest BCUT2D eigenvalue weighted by molar-refractivity contribution is 6.04. The van der Waals surface area contributed by atoms with Crippen molar-refractivity contribution in [2.45, 2.75) is 19.4 Å². The van der Waals surface area contributed by atoms with Crippen molar-refractivity contribution in [2.75, 3.05) is 37.4 Å². The molecule has 31 heavy (non-hydrogen) atoms. The molecule has 1 amide bonds. The van der Waals surface area contributed by atoms with E-state index in [4.69, 9.17) is 4.42 Å². The largest absolute Gasteiger partial charge is 0.449 e. The van der Waals surface area contributed by atoms with Crippen molar-refractivity contribution in [3.8, 4) is 0 Å². The summed E-state index contributed by atoms with van der Waals surface area (Å²) in [6, 6.07) is 7.10. The minimum absolute atomic E-state index is 0.120. The van der Waals surface area contributed by atoms with Crippen LogP contribution in [-0.4, -0.2) is 58.4 Å². The average molecular weight is 422 g/mol. The van der Waals surface area contributed by atoms with Gasteiger partial charge in [0, 0.05) is 43.7 Å². The summed E-state index contributed by atoms with van der Waals surface area (Å²) in [5.74, 6) is 0.00889. The van der Waals surface area contributed by atoms with Crippen LogP contribution in [0.25, 0.3) is 16.7 Å². The van der Waals surface area contributed by atoms with Gasteiger partial charge in [-0.1, -0.05) is 0 Å². The summed E-state index contributed by atoms with van der Waals surface area (Å²) >= 11 is 0. The SMILES string of the molecule is Cc1cn2cc(NC(=O)c3cc4nc(N5CCC(N(C)C)C5)ccc4o3)cc(F)c2n1. The zero-order valence-electron chi connectivity index (χ0n) is 17.6. The van der Waals surface area contributed by atoms with E-state index in [2.05, 4.69) is 39.2 Å². The van der Waals surface area contributed by atoms with Crippen LogP contribution in [-0.2, 0) is 0 Å². The van der Waals surface area contributed by atoms with Crippen molar-refractivity contribution in [3.63, 3.8) is 0 Å². The number of nitrogens with zero attached hydrogens (tertiary/aromatic N) is 5. The van der Waals surface area contributed by atoms with Gasteiger partial charge in [0.05, 0.1) is 11.4 Å². The second-order valence-corrected chi connectivity index (χ2v) is 8.16. The van der Waals surface area contributed by atoms with Crippen LogP contribution in [0.5, 0.6) is 0 Å². The molecule has 0 bridgehead atoms. The first-order valence-electron chi connectivity index (χ1n) is 10.2. The van der Waals surface area contributed by atoms with Crippen LogP contribution < -0.4 is 10.2 Å². The minimum Gasteiger partial charge on any atom is -0.449 e. The lowest BCUT2D eigenvalue weighted by Crippen LogP contribution is -2.31. The second kappa shape index (κ2) is 7.35. The Bertz CT molecular complexity index is 1290. The monoisotopic (exact) mass is 422 g/mol. The summed E-state index contributed by atoms with van der Waals surface area (Å²) in [6.45, 7) is 3.63. The van der Waals surface area contributed by atoms with E-state index in [1.807, 2.05) is 12.1 Å². The Labute approximate surface area is 178 Å². The van der Waals surface area contributed by atoms with Gasteiger partial charge in [0.2, 0.25) is 0 Å². The van der Waals surface area contributed by atoms with E-state index >= 15 is 0 Å². The topological polar surface area (TPSA) is 78.9 Å². The summed E-state index contributed by atoms with van der Waals surface area (Å²) in [5.41, 5.74) is 2.37. The number of pyridine rings is 2. The van der Waals surface area contributed by atoms with Gasteiger partial charge in [-0.05, 0) is 39.6 Å². The van der Waals surface area contributed by atoms with Gasteiger partial charge in [-0.15, -0.1) is 0 Å². The molecular weight excluding hydrogens is 399 g/mol. The third-order valence-corrected chi connectivity index (χ3v) is 5.69. The zero-order valence-corrected chi connectivity index (χ0v) is 17.6. The molecule has 0 aliphatic carbocycles. The third kappa shape index (κ3) is 3.61. The van der Waals surface area contributed by atoms with Crippen LogP contribution in [0.1, 0.15) is 22.7 Å². The first-order valence-corrected chi connectivity index (χ1v) is 10.2. The van der Waals surface area contributed by atoms with Gasteiger partial charge in [-0.25, -0.2) is 14.4 Å². The van der Waals surface area contributed by atoms with Crippen molar-refractivity contribution in [3.05, 3.63) is 53.9 Å². The molecule has 0 spiro atoms. The number of anilines is 2. The molecule has 1 unspecified atom stereocenters. The molecule has 9 heteroatoms. The Morgan fingerprint density at radius 1 is 1.26 bits per heavy atom. The number of hydrogen-bond donors (Lipinski definition) is 1. The number of aromatic nitrogens is 3. The van der Waals surface area contributed by atoms with E-state index < -0.39 is 11.7 Å². The number of imidazole rings is 1. The Morgan fingerprint density at radius 3 is 2.87 bits per heavy atom. The number of carbonyl (C=O) groups is 1. The number of hydrogen-bond acceptors (Lipinski definition) is 6. The van der Waals surface area contributed by atoms with Gasteiger partial charge in [-0.2, -0.15) is 0 Å². The highest BCUT2D eigenvalue weighted by Gasteiger charge is 2.25. The molecule has 1 aliphatic rings. The van der Waals surface area contributed by atoms with Crippen molar-refractivity contribution < 1.29 is 13.6 Å². The van der Waals surface area contributed by atoms with E-state index in [1.165, 1.54) is 6.07 Å². The number of rotatable bonds is 4. The Hall–Kier alpha value is -3.46. The predicted octanol–water partition coefficient (Wildman–Crippen LogP) is 3.32. The van der Waals surface area contributed by atoms with E-state index in [1.54, 1.807) is 29.8 Å². The minimum atomic E-state index is -0.511. The van der Waals surface area contributed by atoms with Crippen molar-refractivity contribution in [1.82, 2.24) is 19.3 Å². The van der Waals surface area contributed by atoms with Crippen LogP contribution in [0.4, 0.5) is 15.9 Å². The summed E-state index contributed by atoms with van der Waals surface area (Å²) in [5, 5.41) is 2.68. The number of fused-ring (bicyclic) bond motifs is 2. The Balaban J connectivity index is 1.37. The average Bonchev–Trinajstić information content (AvgIpc) is 3.44. The van der Waals surface area contributed by atoms with Gasteiger partial charge in [-0.3, -0.25) is 4.79 Å². The van der Waals surface area contributed by atoms with E-state index in [-0.39, 0.29) is 11.4 Å². The van der Waals surface area contributed by atoms with E-state index in [0.717, 1.165) is 25.3 Å². The highest BCUT2D eigenvalue weighted by Crippen LogP contribution is 2.26. The number of nitrogens with one attached hydrogen (secondary N) is 1. The number of amides is 1. The van der Waals surface area contributed by atoms with Gasteiger partial charge in [0.1, 0.15) is 11.3 Å². The number of halogens is 1. The fraction of sp³-hybridized carbons (Fsp3) is 0.318. The second-order valence-electron chi connectivity index (χ2n) is 8.16. The normalized spacial score (nSPS) is 16.7. The maximum Gasteiger partial charge on any atom is 0.291 e. The molecule has 0 radical (unpaired) electrons. The fourth-order valence-electron chi connectivity index (χ4n) is 4.01. The van der Waals surface area contributed by atoms with Crippen molar-refractivity contribution in [2.24, 2.45) is 0 Å². The molecule has 0 saturated carbocycles. The number of likely N-dealkylation sites (N-methyl/N-ethyl adjacent to an activating group) is 1. The molecule has 4 aromatic rings. The molecule has 1 N–H and O–H groups in total. The third-order valence-electron chi connectivity index (χ3n) is 5.69. The standard InChI is InChI=1S/C22H23FN6O2/c1-13-10-29-11-14(8-16(23)21(29)24-13)25-22(30)19-9-17-18(31-19)4-5-20(26-17)28-7-6-15(12-28)27(2)3/h4-5,8-11,15H,6-7,12H2,1-3H3,(H,25,30). The molecule has 1 fully saturated rings. The lowest BCUT2D eigenvalue weighted by Gasteiger charge is -2.20.